The third-order valence-electron chi connectivity index (χ3n) is 7.18. The number of piperidine rings is 2. The third-order valence-corrected chi connectivity index (χ3v) is 7.18. The van der Waals surface area contributed by atoms with Crippen molar-refractivity contribution in [2.75, 3.05) is 26.2 Å². The fraction of sp³-hybridized carbons (Fsp3) is 0.417. The van der Waals surface area contributed by atoms with Crippen LogP contribution in [0, 0.1) is 29.1 Å². The van der Waals surface area contributed by atoms with Gasteiger partial charge in [0.1, 0.15) is 5.56 Å². The Labute approximate surface area is 196 Å². The van der Waals surface area contributed by atoms with E-state index in [1.165, 1.54) is 0 Å². The minimum Gasteiger partial charge on any atom is -0.338 e. The summed E-state index contributed by atoms with van der Waals surface area (Å²) >= 11 is 0. The molecule has 1 N–H and O–H groups in total. The molecular formula is C24H23F5N4O2. The molecule has 2 fully saturated rings. The molecule has 6 nitrogen and oxygen atoms in total. The van der Waals surface area contributed by atoms with Gasteiger partial charge in [-0.25, -0.2) is 26.7 Å². The molecule has 2 aromatic carbocycles. The number of amides is 1. The number of para-hydroxylation sites is 2. The van der Waals surface area contributed by atoms with Crippen LogP contribution in [0.25, 0.3) is 11.0 Å². The molecule has 0 radical (unpaired) electrons. The largest absolute Gasteiger partial charge is 0.338 e. The first-order chi connectivity index (χ1) is 16.8. The maximum absolute atomic E-state index is 14.1. The molecule has 0 saturated carbocycles. The van der Waals surface area contributed by atoms with Gasteiger partial charge >= 0.3 is 5.69 Å². The van der Waals surface area contributed by atoms with E-state index in [9.17, 15) is 31.5 Å². The van der Waals surface area contributed by atoms with Crippen molar-refractivity contribution in [2.45, 2.75) is 37.8 Å². The van der Waals surface area contributed by atoms with Gasteiger partial charge < -0.3 is 14.8 Å². The minimum atomic E-state index is -2.28. The Bertz CT molecular complexity index is 1310. The quantitative estimate of drug-likeness (QED) is 0.341. The molecule has 0 atom stereocenters. The predicted octanol–water partition coefficient (Wildman–Crippen LogP) is 3.97. The maximum Gasteiger partial charge on any atom is 0.326 e. The van der Waals surface area contributed by atoms with Gasteiger partial charge in [-0.3, -0.25) is 9.36 Å². The van der Waals surface area contributed by atoms with E-state index < -0.39 is 40.6 Å². The summed E-state index contributed by atoms with van der Waals surface area (Å²) < 4.78 is 70.2. The second kappa shape index (κ2) is 9.10. The highest BCUT2D eigenvalue weighted by Crippen LogP contribution is 2.30. The van der Waals surface area contributed by atoms with E-state index in [1.807, 2.05) is 24.3 Å². The number of fused-ring (bicyclic) bond motifs is 1. The SMILES string of the molecule is O=C(c1c(F)c(F)c(F)c(F)c1F)N1CCC(N2CCC(n3c(=O)[nH]c4ccccc43)CC2)CC1. The van der Waals surface area contributed by atoms with E-state index >= 15 is 0 Å². The lowest BCUT2D eigenvalue weighted by Crippen LogP contribution is -2.49. The summed E-state index contributed by atoms with van der Waals surface area (Å²) in [5.74, 6) is -12.0. The number of nitrogens with zero attached hydrogens (tertiary/aromatic N) is 3. The van der Waals surface area contributed by atoms with Crippen LogP contribution in [0.2, 0.25) is 0 Å². The number of hydrogen-bond donors (Lipinski definition) is 1. The number of benzene rings is 2. The number of halogens is 5. The highest BCUT2D eigenvalue weighted by molar-refractivity contribution is 5.95. The Morgan fingerprint density at radius 3 is 1.94 bits per heavy atom. The number of hydrogen-bond acceptors (Lipinski definition) is 3. The molecule has 186 valence electrons. The lowest BCUT2D eigenvalue weighted by Gasteiger charge is -2.42. The molecule has 0 bridgehead atoms. The summed E-state index contributed by atoms with van der Waals surface area (Å²) in [5.41, 5.74) is 0.121. The van der Waals surface area contributed by atoms with E-state index in [1.54, 1.807) is 4.57 Å². The number of nitrogens with one attached hydrogen (secondary N) is 1. The van der Waals surface area contributed by atoms with Crippen molar-refractivity contribution in [3.05, 3.63) is 69.4 Å². The van der Waals surface area contributed by atoms with Crippen molar-refractivity contribution in [2.24, 2.45) is 0 Å². The van der Waals surface area contributed by atoms with Crippen LogP contribution >= 0.6 is 0 Å². The zero-order chi connectivity index (χ0) is 24.9. The number of carbonyl (C=O) groups excluding carboxylic acids is 1. The standard InChI is InChI=1S/C24H23F5N4O2/c25-18-17(19(26)21(28)22(29)20(18)27)23(34)32-11-5-13(6-12-32)31-9-7-14(8-10-31)33-16-4-2-1-3-15(16)30-24(33)35/h1-4,13-14H,5-12H2,(H,30,35). The van der Waals surface area contributed by atoms with Crippen LogP contribution in [0.15, 0.2) is 29.1 Å². The second-order valence-corrected chi connectivity index (χ2v) is 9.05. The Morgan fingerprint density at radius 2 is 1.31 bits per heavy atom. The summed E-state index contributed by atoms with van der Waals surface area (Å²) in [6, 6.07) is 7.72. The molecule has 3 aromatic rings. The van der Waals surface area contributed by atoms with Crippen molar-refractivity contribution >= 4 is 16.9 Å². The molecule has 11 heteroatoms. The summed E-state index contributed by atoms with van der Waals surface area (Å²) in [7, 11) is 0. The average molecular weight is 494 g/mol. The fourth-order valence-electron chi connectivity index (χ4n) is 5.33. The Kier molecular flexibility index (Phi) is 6.12. The van der Waals surface area contributed by atoms with E-state index in [4.69, 9.17) is 0 Å². The van der Waals surface area contributed by atoms with Crippen LogP contribution in [0.1, 0.15) is 42.1 Å². The van der Waals surface area contributed by atoms with E-state index in [0.717, 1.165) is 41.9 Å². The van der Waals surface area contributed by atoms with Gasteiger partial charge in [-0.2, -0.15) is 0 Å². The number of rotatable bonds is 3. The molecule has 1 aromatic heterocycles. The third kappa shape index (κ3) is 4.01. The number of likely N-dealkylation sites (tertiary alicyclic amines) is 2. The number of carbonyl (C=O) groups is 1. The lowest BCUT2D eigenvalue weighted by atomic mass is 9.97. The van der Waals surface area contributed by atoms with Crippen LogP contribution in [0.3, 0.4) is 0 Å². The average Bonchev–Trinajstić information content (AvgIpc) is 3.22. The van der Waals surface area contributed by atoms with E-state index in [-0.39, 0.29) is 30.9 Å². The zero-order valence-electron chi connectivity index (χ0n) is 18.7. The van der Waals surface area contributed by atoms with Crippen molar-refractivity contribution in [1.82, 2.24) is 19.4 Å². The highest BCUT2D eigenvalue weighted by Gasteiger charge is 2.35. The zero-order valence-corrected chi connectivity index (χ0v) is 18.7. The van der Waals surface area contributed by atoms with Gasteiger partial charge in [0.2, 0.25) is 5.82 Å². The Balaban J connectivity index is 1.22. The number of aromatic nitrogens is 2. The molecule has 0 aliphatic carbocycles. The van der Waals surface area contributed by atoms with E-state index in [0.29, 0.717) is 12.8 Å². The number of H-pyrrole nitrogens is 1. The Morgan fingerprint density at radius 1 is 0.771 bits per heavy atom. The molecule has 2 aliphatic heterocycles. The molecule has 5 rings (SSSR count). The summed E-state index contributed by atoms with van der Waals surface area (Å²) in [5, 5.41) is 0. The first-order valence-electron chi connectivity index (χ1n) is 11.5. The van der Waals surface area contributed by atoms with Gasteiger partial charge in [-0.05, 0) is 37.8 Å². The minimum absolute atomic E-state index is 0.0609. The van der Waals surface area contributed by atoms with Gasteiger partial charge in [0.05, 0.1) is 11.0 Å². The molecule has 0 unspecified atom stereocenters. The normalized spacial score (nSPS) is 18.5. The molecule has 2 saturated heterocycles. The monoisotopic (exact) mass is 494 g/mol. The van der Waals surface area contributed by atoms with Crippen molar-refractivity contribution in [1.29, 1.82) is 0 Å². The second-order valence-electron chi connectivity index (χ2n) is 9.05. The summed E-state index contributed by atoms with van der Waals surface area (Å²) in [6.45, 7) is 1.77. The van der Waals surface area contributed by atoms with Gasteiger partial charge in [-0.1, -0.05) is 12.1 Å². The summed E-state index contributed by atoms with van der Waals surface area (Å²) in [4.78, 5) is 31.4. The highest BCUT2D eigenvalue weighted by atomic mass is 19.2. The van der Waals surface area contributed by atoms with E-state index in [2.05, 4.69) is 9.88 Å². The Hall–Kier alpha value is -3.21. The van der Waals surface area contributed by atoms with Crippen LogP contribution in [-0.2, 0) is 0 Å². The topological polar surface area (TPSA) is 61.3 Å². The fourth-order valence-corrected chi connectivity index (χ4v) is 5.33. The van der Waals surface area contributed by atoms with Gasteiger partial charge in [0, 0.05) is 38.3 Å². The van der Waals surface area contributed by atoms with Crippen molar-refractivity contribution in [3.63, 3.8) is 0 Å². The van der Waals surface area contributed by atoms with Crippen LogP contribution < -0.4 is 5.69 Å². The first kappa shape index (κ1) is 23.5. The number of imidazole rings is 1. The predicted molar refractivity (Wildman–Crippen MR) is 118 cm³/mol. The van der Waals surface area contributed by atoms with Crippen molar-refractivity contribution in [3.8, 4) is 0 Å². The molecule has 2 aliphatic rings. The first-order valence-corrected chi connectivity index (χ1v) is 11.5. The lowest BCUT2D eigenvalue weighted by molar-refractivity contribution is 0.0547. The molecule has 0 spiro atoms. The van der Waals surface area contributed by atoms with Gasteiger partial charge in [0.25, 0.3) is 5.91 Å². The molecule has 35 heavy (non-hydrogen) atoms. The molecule has 3 heterocycles. The van der Waals surface area contributed by atoms with Crippen LogP contribution in [0.5, 0.6) is 0 Å². The molecule has 1 amide bonds. The molecular weight excluding hydrogens is 471 g/mol. The maximum atomic E-state index is 14.1. The summed E-state index contributed by atoms with van der Waals surface area (Å²) in [6.07, 6.45) is 2.56. The van der Waals surface area contributed by atoms with Gasteiger partial charge in [-0.15, -0.1) is 0 Å². The smallest absolute Gasteiger partial charge is 0.326 e. The number of aromatic amines is 1. The van der Waals surface area contributed by atoms with Crippen LogP contribution in [-0.4, -0.2) is 57.5 Å². The van der Waals surface area contributed by atoms with Crippen molar-refractivity contribution < 1.29 is 26.7 Å². The van der Waals surface area contributed by atoms with Gasteiger partial charge in [0.15, 0.2) is 23.3 Å². The van der Waals surface area contributed by atoms with Crippen LogP contribution in [0.4, 0.5) is 22.0 Å².